The van der Waals surface area contributed by atoms with Crippen molar-refractivity contribution in [3.63, 3.8) is 0 Å². The molecule has 1 aromatic heterocycles. The minimum absolute atomic E-state index is 0.511. The normalized spacial score (nSPS) is 10.1. The summed E-state index contributed by atoms with van der Waals surface area (Å²) in [6.45, 7) is 3.79. The van der Waals surface area contributed by atoms with Crippen LogP contribution in [0.3, 0.4) is 0 Å². The van der Waals surface area contributed by atoms with E-state index in [-0.39, 0.29) is 0 Å². The number of anilines is 1. The predicted octanol–water partition coefficient (Wildman–Crippen LogP) is 3.74. The van der Waals surface area contributed by atoms with Crippen LogP contribution >= 0.6 is 15.9 Å². The van der Waals surface area contributed by atoms with E-state index >= 15 is 0 Å². The third kappa shape index (κ3) is 1.99. The molecule has 3 heteroatoms. The van der Waals surface area contributed by atoms with Gasteiger partial charge in [0.2, 0.25) is 0 Å². The van der Waals surface area contributed by atoms with Gasteiger partial charge in [-0.25, -0.2) is 4.98 Å². The summed E-state index contributed by atoms with van der Waals surface area (Å²) in [6.07, 6.45) is 1.81. The lowest BCUT2D eigenvalue weighted by Gasteiger charge is -2.08. The minimum Gasteiger partial charge on any atom is -0.384 e. The van der Waals surface area contributed by atoms with Gasteiger partial charge >= 0.3 is 0 Å². The van der Waals surface area contributed by atoms with E-state index in [0.717, 1.165) is 21.3 Å². The summed E-state index contributed by atoms with van der Waals surface area (Å²) in [4.78, 5) is 4.33. The Kier molecular flexibility index (Phi) is 3.06. The quantitative estimate of drug-likeness (QED) is 0.906. The van der Waals surface area contributed by atoms with Crippen LogP contribution in [0.5, 0.6) is 0 Å². The van der Waals surface area contributed by atoms with E-state index in [1.165, 1.54) is 0 Å². The predicted molar refractivity (Wildman–Crippen MR) is 71.9 cm³/mol. The van der Waals surface area contributed by atoms with Crippen LogP contribution in [-0.4, -0.2) is 4.98 Å². The number of nitrogens with zero attached hydrogens (tertiary/aromatic N) is 1. The molecule has 80 valence electrons. The molecule has 2 aromatic rings. The van der Waals surface area contributed by atoms with Gasteiger partial charge in [0, 0.05) is 10.0 Å². The molecule has 1 heterocycles. The zero-order valence-corrected chi connectivity index (χ0v) is 10.2. The monoisotopic (exact) mass is 274 g/mol. The molecule has 0 aliphatic heterocycles. The van der Waals surface area contributed by atoms with Crippen LogP contribution < -0.4 is 5.73 Å². The summed E-state index contributed by atoms with van der Waals surface area (Å²) < 4.78 is 0.927. The largest absolute Gasteiger partial charge is 0.384 e. The maximum absolute atomic E-state index is 5.70. The number of hydrogen-bond donors (Lipinski definition) is 1. The van der Waals surface area contributed by atoms with E-state index in [9.17, 15) is 0 Å². The fourth-order valence-corrected chi connectivity index (χ4v) is 1.97. The van der Waals surface area contributed by atoms with Crippen LogP contribution in [0.25, 0.3) is 17.3 Å². The minimum atomic E-state index is 0.511. The number of aromatic nitrogens is 1. The van der Waals surface area contributed by atoms with Gasteiger partial charge in [0.25, 0.3) is 0 Å². The van der Waals surface area contributed by atoms with Crippen molar-refractivity contribution in [3.8, 4) is 11.3 Å². The number of rotatable bonds is 2. The van der Waals surface area contributed by atoms with Crippen LogP contribution in [0.1, 0.15) is 5.56 Å². The molecule has 2 nitrogen and oxygen atoms in total. The Hall–Kier alpha value is -1.61. The van der Waals surface area contributed by atoms with E-state index in [2.05, 4.69) is 27.5 Å². The number of benzene rings is 1. The molecule has 2 rings (SSSR count). The average Bonchev–Trinajstić information content (AvgIpc) is 2.32. The Bertz CT molecular complexity index is 535. The molecule has 16 heavy (non-hydrogen) atoms. The molecular weight excluding hydrogens is 264 g/mol. The molecule has 0 aliphatic rings. The van der Waals surface area contributed by atoms with Crippen molar-refractivity contribution in [2.45, 2.75) is 0 Å². The highest BCUT2D eigenvalue weighted by molar-refractivity contribution is 9.10. The molecular formula is C13H11BrN2. The standard InChI is InChI=1S/C13H11BrN2/c1-2-9-5-3-4-6-10(9)13-11(14)7-8-12(15)16-13/h2-8H,1H2,(H2,15,16). The summed E-state index contributed by atoms with van der Waals surface area (Å²) in [5.41, 5.74) is 8.61. The first kappa shape index (κ1) is 10.9. The van der Waals surface area contributed by atoms with Crippen molar-refractivity contribution < 1.29 is 0 Å². The molecule has 0 saturated carbocycles. The molecule has 1 aromatic carbocycles. The van der Waals surface area contributed by atoms with Gasteiger partial charge in [-0.15, -0.1) is 0 Å². The summed E-state index contributed by atoms with van der Waals surface area (Å²) in [5, 5.41) is 0. The summed E-state index contributed by atoms with van der Waals surface area (Å²) in [6, 6.07) is 11.6. The van der Waals surface area contributed by atoms with Crippen molar-refractivity contribution >= 4 is 27.8 Å². The highest BCUT2D eigenvalue weighted by atomic mass is 79.9. The van der Waals surface area contributed by atoms with E-state index in [1.807, 2.05) is 36.4 Å². The first-order chi connectivity index (χ1) is 7.72. The van der Waals surface area contributed by atoms with Crippen LogP contribution in [0, 0.1) is 0 Å². The van der Waals surface area contributed by atoms with Gasteiger partial charge in [-0.05, 0) is 33.6 Å². The van der Waals surface area contributed by atoms with Gasteiger partial charge in [-0.2, -0.15) is 0 Å². The van der Waals surface area contributed by atoms with Crippen molar-refractivity contribution in [2.24, 2.45) is 0 Å². The summed E-state index contributed by atoms with van der Waals surface area (Å²) in [7, 11) is 0. The maximum Gasteiger partial charge on any atom is 0.124 e. The van der Waals surface area contributed by atoms with E-state index < -0.39 is 0 Å². The van der Waals surface area contributed by atoms with E-state index in [4.69, 9.17) is 5.73 Å². The smallest absolute Gasteiger partial charge is 0.124 e. The van der Waals surface area contributed by atoms with Gasteiger partial charge in [0.1, 0.15) is 5.82 Å². The van der Waals surface area contributed by atoms with Gasteiger partial charge in [-0.1, -0.05) is 36.9 Å². The lowest BCUT2D eigenvalue weighted by atomic mass is 10.0. The molecule has 0 radical (unpaired) electrons. The molecule has 0 spiro atoms. The molecule has 0 unspecified atom stereocenters. The van der Waals surface area contributed by atoms with E-state index in [1.54, 1.807) is 6.07 Å². The third-order valence-corrected chi connectivity index (χ3v) is 2.94. The highest BCUT2D eigenvalue weighted by Gasteiger charge is 2.08. The van der Waals surface area contributed by atoms with Gasteiger partial charge in [0.15, 0.2) is 0 Å². The Balaban J connectivity index is 2.66. The van der Waals surface area contributed by atoms with Crippen LogP contribution in [-0.2, 0) is 0 Å². The fraction of sp³-hybridized carbons (Fsp3) is 0. The molecule has 0 amide bonds. The number of nitrogens with two attached hydrogens (primary N) is 1. The Morgan fingerprint density at radius 3 is 2.69 bits per heavy atom. The van der Waals surface area contributed by atoms with Gasteiger partial charge in [-0.3, -0.25) is 0 Å². The molecule has 0 atom stereocenters. The Labute approximate surface area is 103 Å². The van der Waals surface area contributed by atoms with Crippen molar-refractivity contribution in [1.29, 1.82) is 0 Å². The number of nitrogen functional groups attached to an aromatic ring is 1. The summed E-state index contributed by atoms with van der Waals surface area (Å²) in [5.74, 6) is 0.511. The summed E-state index contributed by atoms with van der Waals surface area (Å²) >= 11 is 3.48. The van der Waals surface area contributed by atoms with Crippen LogP contribution in [0.15, 0.2) is 47.4 Å². The third-order valence-electron chi connectivity index (χ3n) is 2.30. The van der Waals surface area contributed by atoms with Crippen LogP contribution in [0.2, 0.25) is 0 Å². The SMILES string of the molecule is C=Cc1ccccc1-c1nc(N)ccc1Br. The molecule has 0 fully saturated rings. The molecule has 0 aliphatic carbocycles. The van der Waals surface area contributed by atoms with Gasteiger partial charge < -0.3 is 5.73 Å². The van der Waals surface area contributed by atoms with Crippen molar-refractivity contribution in [2.75, 3.05) is 5.73 Å². The molecule has 2 N–H and O–H groups in total. The van der Waals surface area contributed by atoms with Crippen molar-refractivity contribution in [3.05, 3.63) is 53.0 Å². The second-order valence-electron chi connectivity index (χ2n) is 3.36. The second-order valence-corrected chi connectivity index (χ2v) is 4.21. The molecule has 0 saturated heterocycles. The van der Waals surface area contributed by atoms with Gasteiger partial charge in [0.05, 0.1) is 5.69 Å². The second kappa shape index (κ2) is 4.49. The Morgan fingerprint density at radius 1 is 1.19 bits per heavy atom. The number of halogens is 1. The highest BCUT2D eigenvalue weighted by Crippen LogP contribution is 2.30. The lowest BCUT2D eigenvalue weighted by Crippen LogP contribution is -1.94. The van der Waals surface area contributed by atoms with E-state index in [0.29, 0.717) is 5.82 Å². The van der Waals surface area contributed by atoms with Crippen LogP contribution in [0.4, 0.5) is 5.82 Å². The lowest BCUT2D eigenvalue weighted by molar-refractivity contribution is 1.31. The average molecular weight is 275 g/mol. The number of pyridine rings is 1. The number of hydrogen-bond acceptors (Lipinski definition) is 2. The zero-order valence-electron chi connectivity index (χ0n) is 8.65. The first-order valence-electron chi connectivity index (χ1n) is 4.86. The van der Waals surface area contributed by atoms with Crippen molar-refractivity contribution in [1.82, 2.24) is 4.98 Å². The molecule has 0 bridgehead atoms. The topological polar surface area (TPSA) is 38.9 Å². The Morgan fingerprint density at radius 2 is 1.94 bits per heavy atom. The first-order valence-corrected chi connectivity index (χ1v) is 5.65. The fourth-order valence-electron chi connectivity index (χ4n) is 1.54. The zero-order chi connectivity index (χ0) is 11.5. The maximum atomic E-state index is 5.70.